The Morgan fingerprint density at radius 2 is 2.10 bits per heavy atom. The molecule has 0 spiro atoms. The van der Waals surface area contributed by atoms with Gasteiger partial charge in [-0.25, -0.2) is 9.37 Å². The van der Waals surface area contributed by atoms with Crippen LogP contribution in [0.2, 0.25) is 0 Å². The second-order valence-electron chi connectivity index (χ2n) is 4.26. The van der Waals surface area contributed by atoms with E-state index >= 15 is 0 Å². The van der Waals surface area contributed by atoms with Crippen molar-refractivity contribution in [3.05, 3.63) is 54.0 Å². The molecule has 0 aliphatic heterocycles. The van der Waals surface area contributed by atoms with E-state index in [0.29, 0.717) is 28.2 Å². The van der Waals surface area contributed by atoms with Crippen molar-refractivity contribution in [3.8, 4) is 11.5 Å². The molecule has 3 aromatic rings. The molecule has 0 radical (unpaired) electrons. The van der Waals surface area contributed by atoms with Gasteiger partial charge in [-0.05, 0) is 29.8 Å². The van der Waals surface area contributed by atoms with Crippen molar-refractivity contribution in [2.24, 2.45) is 0 Å². The maximum atomic E-state index is 13.1. The third-order valence-corrected chi connectivity index (χ3v) is 3.58. The predicted octanol–water partition coefficient (Wildman–Crippen LogP) is 3.15. The molecule has 0 amide bonds. The summed E-state index contributed by atoms with van der Waals surface area (Å²) >= 11 is 1.35. The average Bonchev–Trinajstić information content (AvgIpc) is 2.94. The number of aromatic nitrogens is 3. The van der Waals surface area contributed by atoms with Gasteiger partial charge in [0.05, 0.1) is 0 Å². The van der Waals surface area contributed by atoms with Gasteiger partial charge in [0.2, 0.25) is 5.89 Å². The highest BCUT2D eigenvalue weighted by Crippen LogP contribution is 2.26. The van der Waals surface area contributed by atoms with Gasteiger partial charge in [0.15, 0.2) is 0 Å². The summed E-state index contributed by atoms with van der Waals surface area (Å²) in [4.78, 5) is 3.90. The normalized spacial score (nSPS) is 10.7. The number of benzene rings is 1. The Morgan fingerprint density at radius 1 is 1.19 bits per heavy atom. The maximum Gasteiger partial charge on any atom is 0.277 e. The maximum absolute atomic E-state index is 13.1. The minimum Gasteiger partial charge on any atom is -0.411 e. The Balaban J connectivity index is 1.71. The first-order valence-corrected chi connectivity index (χ1v) is 7.12. The minimum atomic E-state index is -0.258. The molecule has 0 aliphatic rings. The first kappa shape index (κ1) is 13.6. The van der Waals surface area contributed by atoms with Gasteiger partial charge in [0, 0.05) is 17.5 Å². The number of anilines is 1. The van der Waals surface area contributed by atoms with E-state index in [1.807, 2.05) is 6.07 Å². The quantitative estimate of drug-likeness (QED) is 0.746. The van der Waals surface area contributed by atoms with E-state index < -0.39 is 0 Å². The monoisotopic (exact) mass is 302 g/mol. The highest BCUT2D eigenvalue weighted by atomic mass is 32.2. The van der Waals surface area contributed by atoms with Gasteiger partial charge < -0.3 is 10.2 Å². The van der Waals surface area contributed by atoms with E-state index in [-0.39, 0.29) is 5.82 Å². The third-order valence-electron chi connectivity index (χ3n) is 2.69. The predicted molar refractivity (Wildman–Crippen MR) is 77.9 cm³/mol. The molecule has 0 saturated carbocycles. The van der Waals surface area contributed by atoms with Crippen LogP contribution in [-0.2, 0) is 5.75 Å². The Bertz CT molecular complexity index is 762. The van der Waals surface area contributed by atoms with Crippen LogP contribution >= 0.6 is 11.8 Å². The van der Waals surface area contributed by atoms with Crippen molar-refractivity contribution in [2.75, 3.05) is 5.73 Å². The highest BCUT2D eigenvalue weighted by Gasteiger charge is 2.10. The second kappa shape index (κ2) is 5.92. The molecule has 106 valence electrons. The zero-order valence-corrected chi connectivity index (χ0v) is 11.7. The number of nitrogen functional groups attached to an aromatic ring is 1. The van der Waals surface area contributed by atoms with Crippen molar-refractivity contribution in [1.82, 2.24) is 15.2 Å². The van der Waals surface area contributed by atoms with Crippen LogP contribution < -0.4 is 5.73 Å². The van der Waals surface area contributed by atoms with Crippen LogP contribution in [0.25, 0.3) is 11.5 Å². The van der Waals surface area contributed by atoms with Gasteiger partial charge >= 0.3 is 0 Å². The SMILES string of the molecule is Nc1cc(-c2nnc(SCc3cccc(F)c3)o2)ccn1. The number of rotatable bonds is 4. The topological polar surface area (TPSA) is 77.8 Å². The van der Waals surface area contributed by atoms with E-state index in [1.165, 1.54) is 23.9 Å². The van der Waals surface area contributed by atoms with Crippen molar-refractivity contribution in [3.63, 3.8) is 0 Å². The largest absolute Gasteiger partial charge is 0.411 e. The Labute approximate surface area is 124 Å². The third kappa shape index (κ3) is 3.38. The first-order chi connectivity index (χ1) is 10.2. The number of hydrogen-bond acceptors (Lipinski definition) is 6. The molecular weight excluding hydrogens is 291 g/mol. The number of nitrogens with zero attached hydrogens (tertiary/aromatic N) is 3. The van der Waals surface area contributed by atoms with Gasteiger partial charge in [-0.2, -0.15) is 0 Å². The molecule has 0 saturated heterocycles. The molecule has 5 nitrogen and oxygen atoms in total. The molecule has 3 rings (SSSR count). The number of halogens is 1. The van der Waals surface area contributed by atoms with E-state index in [2.05, 4.69) is 15.2 Å². The molecule has 0 unspecified atom stereocenters. The van der Waals surface area contributed by atoms with Crippen molar-refractivity contribution < 1.29 is 8.81 Å². The number of thioether (sulfide) groups is 1. The minimum absolute atomic E-state index is 0.258. The summed E-state index contributed by atoms with van der Waals surface area (Å²) in [6.45, 7) is 0. The molecule has 7 heteroatoms. The summed E-state index contributed by atoms with van der Waals surface area (Å²) in [5.41, 5.74) is 7.18. The van der Waals surface area contributed by atoms with Crippen LogP contribution in [0.5, 0.6) is 0 Å². The fourth-order valence-corrected chi connectivity index (χ4v) is 2.44. The van der Waals surface area contributed by atoms with Crippen LogP contribution in [0.15, 0.2) is 52.2 Å². The molecule has 2 heterocycles. The Hall–Kier alpha value is -2.41. The van der Waals surface area contributed by atoms with E-state index in [1.54, 1.807) is 24.4 Å². The molecule has 21 heavy (non-hydrogen) atoms. The van der Waals surface area contributed by atoms with Gasteiger partial charge in [-0.15, -0.1) is 10.2 Å². The van der Waals surface area contributed by atoms with Crippen molar-refractivity contribution in [1.29, 1.82) is 0 Å². The molecule has 0 bridgehead atoms. The lowest BCUT2D eigenvalue weighted by atomic mass is 10.2. The van der Waals surface area contributed by atoms with Crippen LogP contribution in [0.3, 0.4) is 0 Å². The zero-order valence-electron chi connectivity index (χ0n) is 10.9. The number of hydrogen-bond donors (Lipinski definition) is 1. The molecule has 1 aromatic carbocycles. The van der Waals surface area contributed by atoms with E-state index in [0.717, 1.165) is 5.56 Å². The average molecular weight is 302 g/mol. The van der Waals surface area contributed by atoms with Crippen molar-refractivity contribution >= 4 is 17.6 Å². The lowest BCUT2D eigenvalue weighted by Crippen LogP contribution is -1.89. The zero-order chi connectivity index (χ0) is 14.7. The molecule has 2 aromatic heterocycles. The van der Waals surface area contributed by atoms with Crippen LogP contribution in [-0.4, -0.2) is 15.2 Å². The van der Waals surface area contributed by atoms with Gasteiger partial charge in [-0.1, -0.05) is 23.9 Å². The Kier molecular flexibility index (Phi) is 3.83. The summed E-state index contributed by atoms with van der Waals surface area (Å²) in [5.74, 6) is 1.06. The van der Waals surface area contributed by atoms with E-state index in [9.17, 15) is 4.39 Å². The molecule has 0 aliphatic carbocycles. The molecule has 2 N–H and O–H groups in total. The number of nitrogens with two attached hydrogens (primary N) is 1. The molecule has 0 atom stereocenters. The highest BCUT2D eigenvalue weighted by molar-refractivity contribution is 7.98. The summed E-state index contributed by atoms with van der Waals surface area (Å²) in [5, 5.41) is 8.33. The summed E-state index contributed by atoms with van der Waals surface area (Å²) in [6, 6.07) is 9.81. The summed E-state index contributed by atoms with van der Waals surface area (Å²) < 4.78 is 18.6. The van der Waals surface area contributed by atoms with Gasteiger partial charge in [0.1, 0.15) is 11.6 Å². The number of pyridine rings is 1. The van der Waals surface area contributed by atoms with Crippen molar-refractivity contribution in [2.45, 2.75) is 11.0 Å². The van der Waals surface area contributed by atoms with Crippen LogP contribution in [0, 0.1) is 5.82 Å². The standard InChI is InChI=1S/C14H11FN4OS/c15-11-3-1-2-9(6-11)8-21-14-19-18-13(20-14)10-4-5-17-12(16)7-10/h1-7H,8H2,(H2,16,17). The molecular formula is C14H11FN4OS. The first-order valence-electron chi connectivity index (χ1n) is 6.13. The fourth-order valence-electron chi connectivity index (χ4n) is 1.74. The fraction of sp³-hybridized carbons (Fsp3) is 0.0714. The summed E-state index contributed by atoms with van der Waals surface area (Å²) in [6.07, 6.45) is 1.58. The molecule has 0 fully saturated rings. The van der Waals surface area contributed by atoms with E-state index in [4.69, 9.17) is 10.2 Å². The lowest BCUT2D eigenvalue weighted by Gasteiger charge is -1.98. The van der Waals surface area contributed by atoms with Crippen LogP contribution in [0.4, 0.5) is 10.2 Å². The van der Waals surface area contributed by atoms with Crippen LogP contribution in [0.1, 0.15) is 5.56 Å². The Morgan fingerprint density at radius 3 is 2.90 bits per heavy atom. The second-order valence-corrected chi connectivity index (χ2v) is 5.19. The summed E-state index contributed by atoms with van der Waals surface area (Å²) in [7, 11) is 0. The van der Waals surface area contributed by atoms with Gasteiger partial charge in [-0.3, -0.25) is 0 Å². The lowest BCUT2D eigenvalue weighted by molar-refractivity contribution is 0.466. The van der Waals surface area contributed by atoms with Gasteiger partial charge in [0.25, 0.3) is 5.22 Å². The smallest absolute Gasteiger partial charge is 0.277 e.